The first kappa shape index (κ1) is 27.9. The average molecular weight is 628 g/mol. The quantitative estimate of drug-likeness (QED) is 0.297. The molecule has 3 N–H and O–H groups in total. The molecule has 0 bridgehead atoms. The number of aromatic nitrogens is 1. The summed E-state index contributed by atoms with van der Waals surface area (Å²) in [5.74, 6) is -2.57. The third-order valence-electron chi connectivity index (χ3n) is 5.50. The van der Waals surface area contributed by atoms with Gasteiger partial charge in [0, 0.05) is 18.7 Å². The lowest BCUT2D eigenvalue weighted by molar-refractivity contribution is -0.126. The number of carbonyl (C=O) groups is 3. The molecule has 14 heteroatoms. The van der Waals surface area contributed by atoms with Crippen LogP contribution in [0.2, 0.25) is 0 Å². The summed E-state index contributed by atoms with van der Waals surface area (Å²) in [6.07, 6.45) is 0.895. The van der Waals surface area contributed by atoms with Crippen LogP contribution >= 0.6 is 27.3 Å². The Labute approximate surface area is 230 Å². The highest BCUT2D eigenvalue weighted by Gasteiger charge is 2.37. The summed E-state index contributed by atoms with van der Waals surface area (Å²) in [7, 11) is -4.24. The Morgan fingerprint density at radius 3 is 2.61 bits per heavy atom. The zero-order valence-electron chi connectivity index (χ0n) is 19.9. The van der Waals surface area contributed by atoms with Gasteiger partial charge in [-0.2, -0.15) is 0 Å². The molecule has 3 amide bonds. The molecule has 1 heterocycles. The summed E-state index contributed by atoms with van der Waals surface area (Å²) in [6.45, 7) is -0.728. The van der Waals surface area contributed by atoms with E-state index in [0.29, 0.717) is 4.70 Å². The van der Waals surface area contributed by atoms with Crippen molar-refractivity contribution in [3.05, 3.63) is 63.3 Å². The lowest BCUT2D eigenvalue weighted by Crippen LogP contribution is -2.42. The van der Waals surface area contributed by atoms with E-state index in [0.717, 1.165) is 35.8 Å². The van der Waals surface area contributed by atoms with E-state index in [1.807, 2.05) is 6.07 Å². The van der Waals surface area contributed by atoms with E-state index in [1.165, 1.54) is 6.07 Å². The number of ether oxygens (including phenoxy) is 1. The molecule has 38 heavy (non-hydrogen) atoms. The van der Waals surface area contributed by atoms with E-state index in [9.17, 15) is 27.2 Å². The number of hydrogen-bond donors (Lipinski definition) is 3. The zero-order valence-corrected chi connectivity index (χ0v) is 23.1. The molecule has 10 nitrogen and oxygen atoms in total. The molecule has 202 valence electrons. The molecule has 0 spiro atoms. The molecule has 4 rings (SSSR count). The number of benzene rings is 2. The second-order valence-corrected chi connectivity index (χ2v) is 12.7. The van der Waals surface area contributed by atoms with Crippen molar-refractivity contribution in [1.82, 2.24) is 20.9 Å². The monoisotopic (exact) mass is 626 g/mol. The Kier molecular flexibility index (Phi) is 8.95. The molecular formula is C24H24BrFN4O6S2. The molecule has 2 aromatic carbocycles. The number of rotatable bonds is 11. The van der Waals surface area contributed by atoms with Gasteiger partial charge in [0.2, 0.25) is 11.8 Å². The lowest BCUT2D eigenvalue weighted by atomic mass is 10.2. The average Bonchev–Trinajstić information content (AvgIpc) is 3.60. The van der Waals surface area contributed by atoms with Crippen LogP contribution in [0, 0.1) is 5.82 Å². The highest BCUT2D eigenvalue weighted by molar-refractivity contribution is 9.10. The molecule has 1 fully saturated rings. The summed E-state index contributed by atoms with van der Waals surface area (Å²) < 4.78 is 46.3. The number of sulfone groups is 1. The fraction of sp³-hybridized carbons (Fsp3) is 0.333. The molecule has 1 unspecified atom stereocenters. The van der Waals surface area contributed by atoms with E-state index >= 15 is 0 Å². The van der Waals surface area contributed by atoms with Crippen LogP contribution in [0.25, 0.3) is 10.2 Å². The second kappa shape index (κ2) is 12.2. The van der Waals surface area contributed by atoms with Crippen LogP contribution < -0.4 is 16.0 Å². The Bertz CT molecular complexity index is 1410. The molecule has 1 aliphatic carbocycles. The Morgan fingerprint density at radius 1 is 1.16 bits per heavy atom. The van der Waals surface area contributed by atoms with Crippen molar-refractivity contribution in [2.24, 2.45) is 0 Å². The maximum Gasteiger partial charge on any atom is 0.407 e. The predicted octanol–water partition coefficient (Wildman–Crippen LogP) is 2.98. The molecule has 0 saturated heterocycles. The van der Waals surface area contributed by atoms with Gasteiger partial charge in [0.25, 0.3) is 0 Å². The highest BCUT2D eigenvalue weighted by Crippen LogP contribution is 2.34. The standard InChI is InChI=1S/C24H24BrFN4O6S2/c25-16-10-19-18(11-17(16)26)30-23(37-19)21(22(32)28-12-20(31)29-15-6-7-15)38(34,35)9-8-27-24(33)36-13-14-4-2-1-3-5-14/h1-5,10-11,15,21H,6-9,12-13H2,(H,27,33)(H,28,32)(H,29,31). The van der Waals surface area contributed by atoms with Gasteiger partial charge in [-0.25, -0.2) is 22.6 Å². The summed E-state index contributed by atoms with van der Waals surface area (Å²) in [5, 5.41) is 5.59. The molecule has 1 atom stereocenters. The van der Waals surface area contributed by atoms with Gasteiger partial charge in [-0.1, -0.05) is 30.3 Å². The van der Waals surface area contributed by atoms with Gasteiger partial charge in [-0.3, -0.25) is 9.59 Å². The van der Waals surface area contributed by atoms with Crippen LogP contribution in [0.1, 0.15) is 28.7 Å². The first-order valence-corrected chi connectivity index (χ1v) is 14.9. The number of amides is 3. The van der Waals surface area contributed by atoms with Gasteiger partial charge < -0.3 is 20.7 Å². The van der Waals surface area contributed by atoms with Crippen LogP contribution in [0.15, 0.2) is 46.9 Å². The second-order valence-electron chi connectivity index (χ2n) is 8.58. The van der Waals surface area contributed by atoms with Crippen LogP contribution in [0.3, 0.4) is 0 Å². The van der Waals surface area contributed by atoms with Gasteiger partial charge in [-0.15, -0.1) is 11.3 Å². The van der Waals surface area contributed by atoms with Gasteiger partial charge >= 0.3 is 6.09 Å². The molecule has 1 saturated carbocycles. The Hall–Kier alpha value is -3.10. The van der Waals surface area contributed by atoms with Gasteiger partial charge in [0.05, 0.1) is 27.0 Å². The number of nitrogens with one attached hydrogen (secondary N) is 3. The normalized spacial score (nSPS) is 14.1. The fourth-order valence-electron chi connectivity index (χ4n) is 3.44. The minimum Gasteiger partial charge on any atom is -0.445 e. The molecule has 0 aliphatic heterocycles. The van der Waals surface area contributed by atoms with Crippen LogP contribution in [0.5, 0.6) is 0 Å². The van der Waals surface area contributed by atoms with E-state index in [-0.39, 0.29) is 34.2 Å². The van der Waals surface area contributed by atoms with E-state index < -0.39 is 51.1 Å². The van der Waals surface area contributed by atoms with Crippen molar-refractivity contribution in [3.8, 4) is 0 Å². The highest BCUT2D eigenvalue weighted by atomic mass is 79.9. The fourth-order valence-corrected chi connectivity index (χ4v) is 6.88. The number of thiazole rings is 1. The summed E-state index contributed by atoms with van der Waals surface area (Å²) in [4.78, 5) is 41.3. The van der Waals surface area contributed by atoms with Crippen molar-refractivity contribution in [2.75, 3.05) is 18.8 Å². The third kappa shape index (κ3) is 7.48. The van der Waals surface area contributed by atoms with Crippen LogP contribution in [-0.2, 0) is 30.8 Å². The van der Waals surface area contributed by atoms with Crippen molar-refractivity contribution < 1.29 is 31.9 Å². The first-order chi connectivity index (χ1) is 18.1. The largest absolute Gasteiger partial charge is 0.445 e. The number of halogens is 2. The van der Waals surface area contributed by atoms with Crippen molar-refractivity contribution in [1.29, 1.82) is 0 Å². The maximum atomic E-state index is 14.0. The number of nitrogens with zero attached hydrogens (tertiary/aromatic N) is 1. The lowest BCUT2D eigenvalue weighted by Gasteiger charge is -2.16. The third-order valence-corrected chi connectivity index (χ3v) is 9.27. The summed E-state index contributed by atoms with van der Waals surface area (Å²) in [6, 6.07) is 11.6. The van der Waals surface area contributed by atoms with E-state index in [1.54, 1.807) is 24.3 Å². The van der Waals surface area contributed by atoms with Crippen LogP contribution in [-0.4, -0.2) is 56.2 Å². The molecule has 3 aromatic rings. The van der Waals surface area contributed by atoms with E-state index in [4.69, 9.17) is 4.74 Å². The molecule has 1 aromatic heterocycles. The zero-order chi connectivity index (χ0) is 27.3. The van der Waals surface area contributed by atoms with E-state index in [2.05, 4.69) is 36.9 Å². The van der Waals surface area contributed by atoms with Crippen molar-refractivity contribution in [3.63, 3.8) is 0 Å². The van der Waals surface area contributed by atoms with Crippen LogP contribution in [0.4, 0.5) is 9.18 Å². The molecule has 0 radical (unpaired) electrons. The van der Waals surface area contributed by atoms with Crippen molar-refractivity contribution >= 4 is 65.2 Å². The first-order valence-electron chi connectivity index (χ1n) is 11.6. The Balaban J connectivity index is 1.45. The summed E-state index contributed by atoms with van der Waals surface area (Å²) >= 11 is 4.01. The van der Waals surface area contributed by atoms with Gasteiger partial charge in [0.15, 0.2) is 15.1 Å². The number of hydrogen-bond acceptors (Lipinski definition) is 8. The number of alkyl carbamates (subject to hydrolysis) is 1. The Morgan fingerprint density at radius 2 is 1.89 bits per heavy atom. The minimum atomic E-state index is -4.24. The SMILES string of the molecule is O=C(CNC(=O)C(c1nc2cc(F)c(Br)cc2s1)S(=O)(=O)CCNC(=O)OCc1ccccc1)NC1CC1. The van der Waals surface area contributed by atoms with Crippen molar-refractivity contribution in [2.45, 2.75) is 30.7 Å². The van der Waals surface area contributed by atoms with Gasteiger partial charge in [0.1, 0.15) is 17.4 Å². The molecule has 1 aliphatic rings. The predicted molar refractivity (Wildman–Crippen MR) is 143 cm³/mol. The van der Waals surface area contributed by atoms with Gasteiger partial charge in [-0.05, 0) is 40.4 Å². The number of fused-ring (bicyclic) bond motifs is 1. The topological polar surface area (TPSA) is 144 Å². The smallest absolute Gasteiger partial charge is 0.407 e. The maximum absolute atomic E-state index is 14.0. The minimum absolute atomic E-state index is 0.00516. The summed E-state index contributed by atoms with van der Waals surface area (Å²) in [5.41, 5.74) is 0.949. The number of carbonyl (C=O) groups excluding carboxylic acids is 3. The molecular weight excluding hydrogens is 603 g/mol.